The van der Waals surface area contributed by atoms with Gasteiger partial charge in [0.1, 0.15) is 5.75 Å². The second-order valence-corrected chi connectivity index (χ2v) is 6.13. The molecule has 0 spiro atoms. The molecular formula is C14H20ClNO. The second kappa shape index (κ2) is 4.87. The Bertz CT molecular complexity index is 383. The van der Waals surface area contributed by atoms with E-state index in [1.54, 1.807) is 12.1 Å². The zero-order valence-corrected chi connectivity index (χ0v) is 11.2. The molecule has 94 valence electrons. The number of aromatic hydroxyl groups is 1. The third-order valence-corrected chi connectivity index (χ3v) is 3.98. The highest BCUT2D eigenvalue weighted by Gasteiger charge is 2.30. The fourth-order valence-electron chi connectivity index (χ4n) is 2.58. The molecule has 1 aliphatic carbocycles. The highest BCUT2D eigenvalue weighted by atomic mass is 35.5. The van der Waals surface area contributed by atoms with Gasteiger partial charge in [0.15, 0.2) is 0 Å². The van der Waals surface area contributed by atoms with Gasteiger partial charge in [-0.25, -0.2) is 0 Å². The molecule has 1 unspecified atom stereocenters. The molecule has 2 nitrogen and oxygen atoms in total. The summed E-state index contributed by atoms with van der Waals surface area (Å²) < 4.78 is 0. The van der Waals surface area contributed by atoms with E-state index in [-0.39, 0.29) is 5.75 Å². The van der Waals surface area contributed by atoms with Gasteiger partial charge in [-0.1, -0.05) is 31.5 Å². The summed E-state index contributed by atoms with van der Waals surface area (Å²) in [6, 6.07) is 5.80. The average Bonchev–Trinajstić information content (AvgIpc) is 2.57. The molecule has 1 aromatic carbocycles. The van der Waals surface area contributed by atoms with E-state index in [0.29, 0.717) is 23.0 Å². The van der Waals surface area contributed by atoms with Crippen molar-refractivity contribution in [2.75, 3.05) is 0 Å². The van der Waals surface area contributed by atoms with Crippen molar-refractivity contribution in [3.63, 3.8) is 0 Å². The van der Waals surface area contributed by atoms with Crippen molar-refractivity contribution in [1.29, 1.82) is 0 Å². The highest BCUT2D eigenvalue weighted by Crippen LogP contribution is 2.37. The van der Waals surface area contributed by atoms with E-state index in [0.717, 1.165) is 5.56 Å². The van der Waals surface area contributed by atoms with E-state index >= 15 is 0 Å². The van der Waals surface area contributed by atoms with Crippen LogP contribution in [0.25, 0.3) is 0 Å². The predicted octanol–water partition coefficient (Wildman–Crippen LogP) is 3.71. The Kier molecular flexibility index (Phi) is 3.64. The Labute approximate surface area is 108 Å². The van der Waals surface area contributed by atoms with Crippen LogP contribution in [0, 0.1) is 5.41 Å². The van der Waals surface area contributed by atoms with Gasteiger partial charge in [-0.2, -0.15) is 0 Å². The number of phenolic OH excluding ortho intramolecular Hbond substituents is 1. The molecule has 1 aliphatic rings. The summed E-state index contributed by atoms with van der Waals surface area (Å²) >= 11 is 6.07. The van der Waals surface area contributed by atoms with Gasteiger partial charge >= 0.3 is 0 Å². The summed E-state index contributed by atoms with van der Waals surface area (Å²) in [4.78, 5) is 0. The lowest BCUT2D eigenvalue weighted by atomic mass is 9.92. The van der Waals surface area contributed by atoms with Crippen LogP contribution in [-0.4, -0.2) is 11.1 Å². The van der Waals surface area contributed by atoms with Gasteiger partial charge in [0, 0.05) is 23.2 Å². The largest absolute Gasteiger partial charge is 0.508 e. The van der Waals surface area contributed by atoms with Crippen molar-refractivity contribution in [3.8, 4) is 5.75 Å². The third kappa shape index (κ3) is 3.14. The molecule has 0 amide bonds. The molecule has 0 bridgehead atoms. The molecule has 0 heterocycles. The van der Waals surface area contributed by atoms with Gasteiger partial charge in [0.05, 0.1) is 0 Å². The summed E-state index contributed by atoms with van der Waals surface area (Å²) in [5.74, 6) is 0.280. The van der Waals surface area contributed by atoms with E-state index in [4.69, 9.17) is 11.6 Å². The Hall–Kier alpha value is -0.730. The smallest absolute Gasteiger partial charge is 0.121 e. The first kappa shape index (κ1) is 12.7. The van der Waals surface area contributed by atoms with Gasteiger partial charge in [-0.05, 0) is 36.8 Å². The van der Waals surface area contributed by atoms with Crippen LogP contribution in [0.3, 0.4) is 0 Å². The second-order valence-electron chi connectivity index (χ2n) is 5.72. The number of hydrogen-bond acceptors (Lipinski definition) is 2. The normalized spacial score (nSPS) is 22.9. The minimum absolute atomic E-state index is 0.280. The Morgan fingerprint density at radius 1 is 1.47 bits per heavy atom. The van der Waals surface area contributed by atoms with Crippen LogP contribution in [0.15, 0.2) is 18.2 Å². The number of hydrogen-bond donors (Lipinski definition) is 2. The third-order valence-electron chi connectivity index (χ3n) is 3.63. The summed E-state index contributed by atoms with van der Waals surface area (Å²) in [6.07, 6.45) is 3.66. The van der Waals surface area contributed by atoms with Crippen molar-refractivity contribution < 1.29 is 5.11 Å². The Morgan fingerprint density at radius 2 is 2.24 bits per heavy atom. The standard InChI is InChI=1S/C14H20ClNO/c1-14(2)7-6-10(8-14)16-9-11-12(15)4-3-5-13(11)17/h3-5,10,16-17H,6-9H2,1-2H3. The maximum Gasteiger partial charge on any atom is 0.121 e. The van der Waals surface area contributed by atoms with Gasteiger partial charge in [-0.3, -0.25) is 0 Å². The zero-order valence-electron chi connectivity index (χ0n) is 10.5. The van der Waals surface area contributed by atoms with Crippen LogP contribution < -0.4 is 5.32 Å². The van der Waals surface area contributed by atoms with Crippen LogP contribution in [0.5, 0.6) is 5.75 Å². The van der Waals surface area contributed by atoms with Crippen LogP contribution in [0.2, 0.25) is 5.02 Å². The molecule has 1 saturated carbocycles. The van der Waals surface area contributed by atoms with E-state index in [1.165, 1.54) is 19.3 Å². The summed E-state index contributed by atoms with van der Waals surface area (Å²) in [5.41, 5.74) is 1.25. The fourth-order valence-corrected chi connectivity index (χ4v) is 2.82. The van der Waals surface area contributed by atoms with Crippen molar-refractivity contribution >= 4 is 11.6 Å². The maximum atomic E-state index is 9.74. The molecule has 0 saturated heterocycles. The monoisotopic (exact) mass is 253 g/mol. The van der Waals surface area contributed by atoms with Gasteiger partial charge in [0.2, 0.25) is 0 Å². The number of phenols is 1. The molecule has 0 aromatic heterocycles. The molecule has 1 fully saturated rings. The quantitative estimate of drug-likeness (QED) is 0.861. The van der Waals surface area contributed by atoms with Gasteiger partial charge in [0.25, 0.3) is 0 Å². The molecule has 2 N–H and O–H groups in total. The van der Waals surface area contributed by atoms with Crippen molar-refractivity contribution in [1.82, 2.24) is 5.32 Å². The van der Waals surface area contributed by atoms with Crippen LogP contribution >= 0.6 is 11.6 Å². The lowest BCUT2D eigenvalue weighted by Crippen LogP contribution is -2.27. The summed E-state index contributed by atoms with van der Waals surface area (Å²) in [7, 11) is 0. The molecular weight excluding hydrogens is 234 g/mol. The molecule has 3 heteroatoms. The average molecular weight is 254 g/mol. The summed E-state index contributed by atoms with van der Waals surface area (Å²) in [6.45, 7) is 5.26. The van der Waals surface area contributed by atoms with E-state index in [9.17, 15) is 5.11 Å². The van der Waals surface area contributed by atoms with E-state index < -0.39 is 0 Å². The number of benzene rings is 1. The van der Waals surface area contributed by atoms with Crippen LogP contribution in [0.4, 0.5) is 0 Å². The number of rotatable bonds is 3. The highest BCUT2D eigenvalue weighted by molar-refractivity contribution is 6.31. The lowest BCUT2D eigenvalue weighted by Gasteiger charge is -2.18. The van der Waals surface area contributed by atoms with Crippen molar-refractivity contribution in [2.24, 2.45) is 5.41 Å². The first-order valence-electron chi connectivity index (χ1n) is 6.18. The van der Waals surface area contributed by atoms with E-state index in [2.05, 4.69) is 19.2 Å². The van der Waals surface area contributed by atoms with Crippen LogP contribution in [0.1, 0.15) is 38.7 Å². The number of halogens is 1. The molecule has 17 heavy (non-hydrogen) atoms. The lowest BCUT2D eigenvalue weighted by molar-refractivity contribution is 0.363. The first-order chi connectivity index (χ1) is 7.98. The van der Waals surface area contributed by atoms with Crippen molar-refractivity contribution in [3.05, 3.63) is 28.8 Å². The van der Waals surface area contributed by atoms with E-state index in [1.807, 2.05) is 6.07 Å². The summed E-state index contributed by atoms with van der Waals surface area (Å²) in [5, 5.41) is 13.9. The van der Waals surface area contributed by atoms with Crippen molar-refractivity contribution in [2.45, 2.75) is 45.7 Å². The minimum Gasteiger partial charge on any atom is -0.508 e. The minimum atomic E-state index is 0.280. The van der Waals surface area contributed by atoms with Gasteiger partial charge < -0.3 is 10.4 Å². The van der Waals surface area contributed by atoms with Crippen LogP contribution in [-0.2, 0) is 6.54 Å². The zero-order chi connectivity index (χ0) is 12.5. The SMILES string of the molecule is CC1(C)CCC(NCc2c(O)cccc2Cl)C1. The van der Waals surface area contributed by atoms with Gasteiger partial charge in [-0.15, -0.1) is 0 Å². The Morgan fingerprint density at radius 3 is 2.82 bits per heavy atom. The predicted molar refractivity (Wildman–Crippen MR) is 71.4 cm³/mol. The molecule has 1 aromatic rings. The molecule has 1 atom stereocenters. The Balaban J connectivity index is 1.95. The molecule has 0 aliphatic heterocycles. The maximum absolute atomic E-state index is 9.74. The number of nitrogens with one attached hydrogen (secondary N) is 1. The topological polar surface area (TPSA) is 32.3 Å². The molecule has 0 radical (unpaired) electrons. The first-order valence-corrected chi connectivity index (χ1v) is 6.55. The molecule has 2 rings (SSSR count). The fraction of sp³-hybridized carbons (Fsp3) is 0.571.